The van der Waals surface area contributed by atoms with E-state index in [0.717, 1.165) is 18.4 Å². The summed E-state index contributed by atoms with van der Waals surface area (Å²) in [7, 11) is 0. The summed E-state index contributed by atoms with van der Waals surface area (Å²) in [5, 5.41) is 0. The zero-order chi connectivity index (χ0) is 22.6. The standard InChI is InChI=1S/C24H20F6O/c1-2-3-15-4-6-16(7-5-15)18-9-8-17(20(25)12-18)10-11-24(29,30)31-19-13-21(26)23(28)22(27)14-19/h4-9,12-14H,2-3,10-11H2,1H3. The second kappa shape index (κ2) is 9.45. The van der Waals surface area contributed by atoms with Crippen LogP contribution in [0.2, 0.25) is 0 Å². The van der Waals surface area contributed by atoms with Gasteiger partial charge in [0.15, 0.2) is 17.5 Å². The van der Waals surface area contributed by atoms with Crippen molar-refractivity contribution in [3.8, 4) is 16.9 Å². The minimum atomic E-state index is -3.84. The van der Waals surface area contributed by atoms with E-state index in [-0.39, 0.29) is 12.0 Å². The molecule has 0 fully saturated rings. The predicted molar refractivity (Wildman–Crippen MR) is 106 cm³/mol. The SMILES string of the molecule is CCCc1ccc(-c2ccc(CCC(F)(F)Oc3cc(F)c(F)c(F)c3)c(F)c2)cc1. The van der Waals surface area contributed by atoms with Crippen molar-refractivity contribution < 1.29 is 31.1 Å². The number of rotatable bonds is 8. The second-order valence-corrected chi connectivity index (χ2v) is 7.19. The maximum Gasteiger partial charge on any atom is 0.398 e. The van der Waals surface area contributed by atoms with Crippen molar-refractivity contribution in [3.05, 3.63) is 89.0 Å². The molecule has 0 atom stereocenters. The van der Waals surface area contributed by atoms with E-state index in [1.807, 2.05) is 24.3 Å². The molecular weight excluding hydrogens is 418 g/mol. The molecule has 0 bridgehead atoms. The minimum absolute atomic E-state index is 0.0473. The zero-order valence-electron chi connectivity index (χ0n) is 16.7. The number of ether oxygens (including phenoxy) is 1. The van der Waals surface area contributed by atoms with Crippen molar-refractivity contribution >= 4 is 0 Å². The van der Waals surface area contributed by atoms with Gasteiger partial charge >= 0.3 is 6.11 Å². The highest BCUT2D eigenvalue weighted by atomic mass is 19.3. The number of hydrogen-bond acceptors (Lipinski definition) is 1. The molecule has 3 aromatic rings. The van der Waals surface area contributed by atoms with E-state index in [9.17, 15) is 26.3 Å². The summed E-state index contributed by atoms with van der Waals surface area (Å²) in [4.78, 5) is 0. The first kappa shape index (κ1) is 22.7. The first-order valence-electron chi connectivity index (χ1n) is 9.77. The molecule has 1 nitrogen and oxygen atoms in total. The summed E-state index contributed by atoms with van der Waals surface area (Å²) in [6.45, 7) is 2.08. The topological polar surface area (TPSA) is 9.23 Å². The van der Waals surface area contributed by atoms with Crippen molar-refractivity contribution in [1.82, 2.24) is 0 Å². The number of aryl methyl sites for hydroxylation is 2. The van der Waals surface area contributed by atoms with Crippen LogP contribution in [0.15, 0.2) is 54.6 Å². The fourth-order valence-corrected chi connectivity index (χ4v) is 3.18. The average molecular weight is 438 g/mol. The molecule has 0 unspecified atom stereocenters. The molecule has 3 rings (SSSR count). The molecule has 0 N–H and O–H groups in total. The van der Waals surface area contributed by atoms with Gasteiger partial charge < -0.3 is 4.74 Å². The molecule has 0 saturated heterocycles. The average Bonchev–Trinajstić information content (AvgIpc) is 2.71. The lowest BCUT2D eigenvalue weighted by atomic mass is 9.99. The van der Waals surface area contributed by atoms with Crippen LogP contribution in [0.5, 0.6) is 5.75 Å². The maximum atomic E-state index is 14.5. The van der Waals surface area contributed by atoms with Gasteiger partial charge in [-0.2, -0.15) is 8.78 Å². The van der Waals surface area contributed by atoms with Crippen LogP contribution >= 0.6 is 0 Å². The molecule has 0 aromatic heterocycles. The van der Waals surface area contributed by atoms with Crippen LogP contribution in [0.1, 0.15) is 30.9 Å². The van der Waals surface area contributed by atoms with Gasteiger partial charge in [0.25, 0.3) is 0 Å². The van der Waals surface area contributed by atoms with Gasteiger partial charge in [-0.1, -0.05) is 49.7 Å². The van der Waals surface area contributed by atoms with Gasteiger partial charge in [-0.25, -0.2) is 17.6 Å². The molecule has 0 aliphatic carbocycles. The van der Waals surface area contributed by atoms with Gasteiger partial charge in [0.2, 0.25) is 0 Å². The van der Waals surface area contributed by atoms with E-state index in [1.54, 1.807) is 6.07 Å². The fourth-order valence-electron chi connectivity index (χ4n) is 3.18. The van der Waals surface area contributed by atoms with E-state index < -0.39 is 41.5 Å². The van der Waals surface area contributed by atoms with Gasteiger partial charge in [-0.15, -0.1) is 0 Å². The summed E-state index contributed by atoms with van der Waals surface area (Å²) in [5.74, 6) is -6.57. The molecule has 164 valence electrons. The minimum Gasteiger partial charge on any atom is -0.432 e. The zero-order valence-corrected chi connectivity index (χ0v) is 16.7. The number of halogens is 6. The Balaban J connectivity index is 1.67. The molecule has 31 heavy (non-hydrogen) atoms. The Kier molecular flexibility index (Phi) is 6.93. The van der Waals surface area contributed by atoms with Crippen LogP contribution in [-0.2, 0) is 12.8 Å². The highest BCUT2D eigenvalue weighted by Gasteiger charge is 2.32. The maximum absolute atomic E-state index is 14.5. The molecule has 7 heteroatoms. The van der Waals surface area contributed by atoms with Crippen molar-refractivity contribution in [1.29, 1.82) is 0 Å². The van der Waals surface area contributed by atoms with E-state index in [4.69, 9.17) is 0 Å². The van der Waals surface area contributed by atoms with Crippen LogP contribution < -0.4 is 4.74 Å². The van der Waals surface area contributed by atoms with Crippen molar-refractivity contribution in [2.24, 2.45) is 0 Å². The third-order valence-electron chi connectivity index (χ3n) is 4.79. The summed E-state index contributed by atoms with van der Waals surface area (Å²) in [6.07, 6.45) is -3.18. The Morgan fingerprint density at radius 1 is 0.742 bits per heavy atom. The molecule has 0 spiro atoms. The largest absolute Gasteiger partial charge is 0.432 e. The van der Waals surface area contributed by atoms with E-state index in [0.29, 0.717) is 17.7 Å². The van der Waals surface area contributed by atoms with Crippen molar-refractivity contribution in [3.63, 3.8) is 0 Å². The third kappa shape index (κ3) is 5.81. The van der Waals surface area contributed by atoms with Crippen molar-refractivity contribution in [2.45, 2.75) is 38.7 Å². The molecule has 0 amide bonds. The summed E-state index contributed by atoms with van der Waals surface area (Å²) in [5.41, 5.74) is 2.64. The molecule has 3 aromatic carbocycles. The molecule has 0 radical (unpaired) electrons. The van der Waals surface area contributed by atoms with E-state index in [2.05, 4.69) is 11.7 Å². The lowest BCUT2D eigenvalue weighted by molar-refractivity contribution is -0.180. The molecule has 0 heterocycles. The number of benzene rings is 3. The summed E-state index contributed by atoms with van der Waals surface area (Å²) >= 11 is 0. The Morgan fingerprint density at radius 3 is 1.94 bits per heavy atom. The predicted octanol–water partition coefficient (Wildman–Crippen LogP) is 7.47. The normalized spacial score (nSPS) is 11.6. The number of alkyl halides is 2. The van der Waals surface area contributed by atoms with Crippen LogP contribution in [-0.4, -0.2) is 6.11 Å². The quantitative estimate of drug-likeness (QED) is 0.262. The van der Waals surface area contributed by atoms with Gasteiger partial charge in [0, 0.05) is 12.1 Å². The molecule has 0 saturated carbocycles. The van der Waals surface area contributed by atoms with Crippen LogP contribution in [0, 0.1) is 23.3 Å². The van der Waals surface area contributed by atoms with Crippen LogP contribution in [0.3, 0.4) is 0 Å². The molecule has 0 aliphatic heterocycles. The van der Waals surface area contributed by atoms with E-state index >= 15 is 0 Å². The smallest absolute Gasteiger partial charge is 0.398 e. The highest BCUT2D eigenvalue weighted by molar-refractivity contribution is 5.64. The Hall–Kier alpha value is -2.96. The monoisotopic (exact) mass is 438 g/mol. The van der Waals surface area contributed by atoms with E-state index in [1.165, 1.54) is 17.7 Å². The van der Waals surface area contributed by atoms with Gasteiger partial charge in [-0.3, -0.25) is 0 Å². The van der Waals surface area contributed by atoms with Gasteiger partial charge in [-0.05, 0) is 41.2 Å². The molecular formula is C24H20F6O. The van der Waals surface area contributed by atoms with Gasteiger partial charge in [0.1, 0.15) is 11.6 Å². The first-order chi connectivity index (χ1) is 14.7. The second-order valence-electron chi connectivity index (χ2n) is 7.19. The highest BCUT2D eigenvalue weighted by Crippen LogP contribution is 2.30. The lowest BCUT2D eigenvalue weighted by Crippen LogP contribution is -2.25. The van der Waals surface area contributed by atoms with Gasteiger partial charge in [0.05, 0.1) is 6.42 Å². The first-order valence-corrected chi connectivity index (χ1v) is 9.77. The summed E-state index contributed by atoms with van der Waals surface area (Å²) < 4.78 is 86.1. The fraction of sp³-hybridized carbons (Fsp3) is 0.250. The third-order valence-corrected chi connectivity index (χ3v) is 4.79. The Labute approximate surface area is 176 Å². The van der Waals surface area contributed by atoms with Crippen molar-refractivity contribution in [2.75, 3.05) is 0 Å². The Morgan fingerprint density at radius 2 is 1.35 bits per heavy atom. The summed E-state index contributed by atoms with van der Waals surface area (Å²) in [6, 6.07) is 12.7. The van der Waals surface area contributed by atoms with Crippen LogP contribution in [0.25, 0.3) is 11.1 Å². The Bertz CT molecular complexity index is 1020. The van der Waals surface area contributed by atoms with Crippen LogP contribution in [0.4, 0.5) is 26.3 Å². The number of hydrogen-bond donors (Lipinski definition) is 0. The molecule has 0 aliphatic rings. The lowest BCUT2D eigenvalue weighted by Gasteiger charge is -2.18.